The first-order valence-electron chi connectivity index (χ1n) is 15.8. The van der Waals surface area contributed by atoms with Crippen LogP contribution in [0.4, 0.5) is 0 Å². The van der Waals surface area contributed by atoms with Gasteiger partial charge in [0.15, 0.2) is 12.0 Å². The van der Waals surface area contributed by atoms with Crippen LogP contribution in [0.1, 0.15) is 79.1 Å². The Balaban J connectivity index is 1.71. The predicted octanol–water partition coefficient (Wildman–Crippen LogP) is 6.78. The van der Waals surface area contributed by atoms with E-state index in [0.29, 0.717) is 51.1 Å². The van der Waals surface area contributed by atoms with E-state index in [-0.39, 0.29) is 33.3 Å². The third-order valence-corrected chi connectivity index (χ3v) is 10.2. The maximum absolute atomic E-state index is 14.0. The number of methoxy groups -OCH3 is 2. The van der Waals surface area contributed by atoms with Gasteiger partial charge in [-0.1, -0.05) is 55.5 Å². The van der Waals surface area contributed by atoms with Crippen LogP contribution >= 0.6 is 0 Å². The van der Waals surface area contributed by atoms with E-state index < -0.39 is 34.1 Å². The van der Waals surface area contributed by atoms with E-state index in [1.165, 1.54) is 26.4 Å². The van der Waals surface area contributed by atoms with Crippen molar-refractivity contribution in [3.05, 3.63) is 111 Å². The zero-order valence-electron chi connectivity index (χ0n) is 29.3. The molecule has 0 aromatic heterocycles. The predicted molar refractivity (Wildman–Crippen MR) is 187 cm³/mol. The molecule has 0 amide bonds. The van der Waals surface area contributed by atoms with Crippen LogP contribution in [-0.2, 0) is 10.0 Å². The van der Waals surface area contributed by atoms with Gasteiger partial charge in [-0.2, -0.15) is 4.72 Å². The molecule has 4 rings (SSSR count). The molecule has 0 heterocycles. The molecule has 49 heavy (non-hydrogen) atoms. The Morgan fingerprint density at radius 1 is 0.694 bits per heavy atom. The van der Waals surface area contributed by atoms with Crippen molar-refractivity contribution >= 4 is 21.8 Å². The molecule has 0 aliphatic rings. The normalized spacial score (nSPS) is 12.6. The van der Waals surface area contributed by atoms with E-state index in [1.54, 1.807) is 97.0 Å². The highest BCUT2D eigenvalue weighted by atomic mass is 32.2. The summed E-state index contributed by atoms with van der Waals surface area (Å²) in [6, 6.07) is 16.6. The molecule has 0 spiro atoms. The maximum Gasteiger partial charge on any atom is 0.347 e. The summed E-state index contributed by atoms with van der Waals surface area (Å²) in [5, 5.41) is 10.9. The number of carbonyl (C=O) groups is 2. The Morgan fingerprint density at radius 2 is 1.18 bits per heavy atom. The third kappa shape index (κ3) is 7.34. The molecule has 11 heteroatoms. The number of aliphatic hydroxyl groups is 1. The molecule has 10 nitrogen and oxygen atoms in total. The zero-order chi connectivity index (χ0) is 36.2. The second-order valence-electron chi connectivity index (χ2n) is 11.7. The molecule has 0 aliphatic carbocycles. The molecule has 0 saturated heterocycles. The summed E-state index contributed by atoms with van der Waals surface area (Å²) in [7, 11) is -1.03. The number of sulfonamides is 1. The largest absolute Gasteiger partial charge is 0.496 e. The first kappa shape index (κ1) is 37.1. The number of Topliss-reactive ketones (excluding diaryl/α,β-unsaturated/α-hetero) is 1. The zero-order valence-corrected chi connectivity index (χ0v) is 30.1. The van der Waals surface area contributed by atoms with Gasteiger partial charge in [-0.25, -0.2) is 13.2 Å². The Kier molecular flexibility index (Phi) is 11.5. The Labute approximate surface area is 288 Å². The van der Waals surface area contributed by atoms with Crippen molar-refractivity contribution in [1.29, 1.82) is 0 Å². The van der Waals surface area contributed by atoms with Gasteiger partial charge in [0.25, 0.3) is 0 Å². The number of esters is 1. The highest BCUT2D eigenvalue weighted by Crippen LogP contribution is 2.43. The fourth-order valence-electron chi connectivity index (χ4n) is 5.82. The number of ether oxygens (including phenoxy) is 4. The van der Waals surface area contributed by atoms with Gasteiger partial charge in [0.2, 0.25) is 10.0 Å². The lowest BCUT2D eigenvalue weighted by Crippen LogP contribution is -2.39. The number of hydrogen-bond donors (Lipinski definition) is 2. The number of aliphatic hydroxyl groups excluding tert-OH is 1. The van der Waals surface area contributed by atoms with Crippen LogP contribution in [0.25, 0.3) is 0 Å². The number of hydrogen-bond acceptors (Lipinski definition) is 9. The lowest BCUT2D eigenvalue weighted by atomic mass is 9.90. The summed E-state index contributed by atoms with van der Waals surface area (Å²) in [4.78, 5) is 27.7. The van der Waals surface area contributed by atoms with Gasteiger partial charge in [-0.05, 0) is 87.9 Å². The molecule has 2 unspecified atom stereocenters. The summed E-state index contributed by atoms with van der Waals surface area (Å²) in [6.45, 7) is 12.1. The molecule has 260 valence electrons. The van der Waals surface area contributed by atoms with Crippen molar-refractivity contribution < 1.29 is 42.1 Å². The van der Waals surface area contributed by atoms with Gasteiger partial charge in [-0.15, -0.1) is 0 Å². The Hall–Kier alpha value is -4.71. The second kappa shape index (κ2) is 15.2. The summed E-state index contributed by atoms with van der Waals surface area (Å²) in [6.07, 6.45) is -2.01. The van der Waals surface area contributed by atoms with Gasteiger partial charge in [0.05, 0.1) is 24.7 Å². The van der Waals surface area contributed by atoms with Gasteiger partial charge < -0.3 is 24.1 Å². The van der Waals surface area contributed by atoms with Crippen molar-refractivity contribution in [2.75, 3.05) is 14.2 Å². The van der Waals surface area contributed by atoms with Gasteiger partial charge in [0, 0.05) is 11.1 Å². The summed E-state index contributed by atoms with van der Waals surface area (Å²) in [5.74, 6) is -0.267. The minimum absolute atomic E-state index is 0.111. The monoisotopic (exact) mass is 689 g/mol. The van der Waals surface area contributed by atoms with Crippen LogP contribution in [0.2, 0.25) is 0 Å². The Bertz CT molecular complexity index is 1970. The first-order chi connectivity index (χ1) is 23.2. The SMILES string of the molecule is CCC(NS(=O)(=O)c1ccccc1)Oc1c(C)c(C)c(C(=O)Oc2c(C)c(C)c(C(=O)C(O)c3ccccc3)c(OC)c2C)c(OC)c1C. The average molecular weight is 690 g/mol. The molecule has 0 fully saturated rings. The van der Waals surface area contributed by atoms with Gasteiger partial charge >= 0.3 is 5.97 Å². The number of nitrogens with one attached hydrogen (secondary N) is 1. The number of rotatable bonds is 13. The highest BCUT2D eigenvalue weighted by molar-refractivity contribution is 7.89. The van der Waals surface area contributed by atoms with Crippen molar-refractivity contribution in [2.24, 2.45) is 0 Å². The summed E-state index contributed by atoms with van der Waals surface area (Å²) in [5.41, 5.74) is 3.82. The van der Waals surface area contributed by atoms with E-state index in [1.807, 2.05) is 0 Å². The quantitative estimate of drug-likeness (QED) is 0.0673. The molecule has 0 bridgehead atoms. The smallest absolute Gasteiger partial charge is 0.347 e. The summed E-state index contributed by atoms with van der Waals surface area (Å²) < 4.78 is 52.4. The van der Waals surface area contributed by atoms with Crippen molar-refractivity contribution in [3.63, 3.8) is 0 Å². The van der Waals surface area contributed by atoms with Crippen molar-refractivity contribution in [2.45, 2.75) is 72.1 Å². The second-order valence-corrected chi connectivity index (χ2v) is 13.5. The minimum atomic E-state index is -3.87. The van der Waals surface area contributed by atoms with Crippen LogP contribution in [-0.4, -0.2) is 45.7 Å². The molecular formula is C38H43NO9S. The number of ketones is 1. The molecule has 0 saturated carbocycles. The number of benzene rings is 4. The van der Waals surface area contributed by atoms with E-state index >= 15 is 0 Å². The van der Waals surface area contributed by atoms with E-state index in [9.17, 15) is 23.1 Å². The Morgan fingerprint density at radius 3 is 1.73 bits per heavy atom. The molecule has 2 N–H and O–H groups in total. The van der Waals surface area contributed by atoms with E-state index in [0.717, 1.165) is 0 Å². The maximum atomic E-state index is 14.0. The molecule has 4 aromatic carbocycles. The van der Waals surface area contributed by atoms with Crippen LogP contribution in [0.5, 0.6) is 23.0 Å². The molecule has 0 radical (unpaired) electrons. The average Bonchev–Trinajstić information content (AvgIpc) is 3.10. The minimum Gasteiger partial charge on any atom is -0.496 e. The van der Waals surface area contributed by atoms with Gasteiger partial charge in [0.1, 0.15) is 34.7 Å². The van der Waals surface area contributed by atoms with Crippen LogP contribution in [0.15, 0.2) is 65.6 Å². The van der Waals surface area contributed by atoms with E-state index in [2.05, 4.69) is 4.72 Å². The highest BCUT2D eigenvalue weighted by Gasteiger charge is 2.32. The lowest BCUT2D eigenvalue weighted by Gasteiger charge is -2.25. The summed E-state index contributed by atoms with van der Waals surface area (Å²) >= 11 is 0. The third-order valence-electron chi connectivity index (χ3n) is 8.76. The standard InChI is InChI=1S/C38H43NO9S/c1-10-29(39-49(43,44)28-19-15-12-16-20-28)47-34-24(5)22(3)31(37(46-9)25(34)6)38(42)48-35-23(4)21(2)30(36(45-8)26(35)7)33(41)32(40)27-17-13-11-14-18-27/h11-20,29,32,39-40H,10H2,1-9H3. The first-order valence-corrected chi connectivity index (χ1v) is 17.3. The van der Waals surface area contributed by atoms with Crippen LogP contribution in [0, 0.1) is 41.5 Å². The number of carbonyl (C=O) groups excluding carboxylic acids is 2. The van der Waals surface area contributed by atoms with Gasteiger partial charge in [-0.3, -0.25) is 4.79 Å². The van der Waals surface area contributed by atoms with Crippen molar-refractivity contribution in [1.82, 2.24) is 4.72 Å². The van der Waals surface area contributed by atoms with Crippen LogP contribution < -0.4 is 23.7 Å². The lowest BCUT2D eigenvalue weighted by molar-refractivity contribution is 0.0727. The van der Waals surface area contributed by atoms with Crippen LogP contribution in [0.3, 0.4) is 0 Å². The fourth-order valence-corrected chi connectivity index (χ4v) is 7.04. The molecular weight excluding hydrogens is 646 g/mol. The van der Waals surface area contributed by atoms with E-state index in [4.69, 9.17) is 18.9 Å². The topological polar surface area (TPSA) is 137 Å². The molecule has 2 atom stereocenters. The molecule has 0 aliphatic heterocycles. The van der Waals surface area contributed by atoms with Crippen molar-refractivity contribution in [3.8, 4) is 23.0 Å². The molecule has 4 aromatic rings. The fraction of sp³-hybridized carbons (Fsp3) is 0.316.